The molecule has 0 radical (unpaired) electrons. The SMILES string of the molecule is OCc1cc(-c2cccc(C(F)(F)F)c2)ccc1C(F)(F)F. The van der Waals surface area contributed by atoms with Crippen molar-refractivity contribution in [3.8, 4) is 11.1 Å². The molecule has 0 aliphatic heterocycles. The zero-order chi connectivity index (χ0) is 16.5. The Hall–Kier alpha value is -2.02. The molecule has 22 heavy (non-hydrogen) atoms. The van der Waals surface area contributed by atoms with Crippen LogP contribution in [0.5, 0.6) is 0 Å². The lowest BCUT2D eigenvalue weighted by Crippen LogP contribution is -2.09. The standard InChI is InChI=1S/C15H10F6O/c16-14(17,18)12-3-1-2-9(7-12)10-4-5-13(15(19,20)21)11(6-10)8-22/h1-7,22H,8H2. The highest BCUT2D eigenvalue weighted by Gasteiger charge is 2.33. The van der Waals surface area contributed by atoms with E-state index in [-0.39, 0.29) is 16.7 Å². The van der Waals surface area contributed by atoms with Crippen LogP contribution < -0.4 is 0 Å². The molecule has 0 bridgehead atoms. The molecule has 0 saturated carbocycles. The van der Waals surface area contributed by atoms with Crippen molar-refractivity contribution >= 4 is 0 Å². The maximum Gasteiger partial charge on any atom is 0.416 e. The molecule has 1 N–H and O–H groups in total. The summed E-state index contributed by atoms with van der Waals surface area (Å²) >= 11 is 0. The normalized spacial score (nSPS) is 12.5. The van der Waals surface area contributed by atoms with E-state index in [1.165, 1.54) is 12.1 Å². The fourth-order valence-corrected chi connectivity index (χ4v) is 2.06. The van der Waals surface area contributed by atoms with Gasteiger partial charge in [-0.1, -0.05) is 18.2 Å². The van der Waals surface area contributed by atoms with Crippen molar-refractivity contribution in [3.05, 3.63) is 59.2 Å². The van der Waals surface area contributed by atoms with Gasteiger partial charge in [0.15, 0.2) is 0 Å². The van der Waals surface area contributed by atoms with Crippen LogP contribution in [0.2, 0.25) is 0 Å². The van der Waals surface area contributed by atoms with E-state index in [0.717, 1.165) is 30.3 Å². The van der Waals surface area contributed by atoms with Crippen LogP contribution in [-0.2, 0) is 19.0 Å². The van der Waals surface area contributed by atoms with Gasteiger partial charge in [-0.25, -0.2) is 0 Å². The smallest absolute Gasteiger partial charge is 0.392 e. The minimum absolute atomic E-state index is 0.123. The number of rotatable bonds is 2. The summed E-state index contributed by atoms with van der Waals surface area (Å²) in [6.07, 6.45) is -9.17. The molecule has 7 heteroatoms. The fourth-order valence-electron chi connectivity index (χ4n) is 2.06. The lowest BCUT2D eigenvalue weighted by atomic mass is 9.98. The molecule has 0 aliphatic rings. The molecule has 2 aromatic rings. The second kappa shape index (κ2) is 5.64. The minimum Gasteiger partial charge on any atom is -0.392 e. The third-order valence-corrected chi connectivity index (χ3v) is 3.10. The van der Waals surface area contributed by atoms with E-state index in [1.807, 2.05) is 0 Å². The highest BCUT2D eigenvalue weighted by molar-refractivity contribution is 5.66. The molecule has 0 aliphatic carbocycles. The van der Waals surface area contributed by atoms with E-state index < -0.39 is 30.1 Å². The summed E-state index contributed by atoms with van der Waals surface area (Å²) in [7, 11) is 0. The average molecular weight is 320 g/mol. The van der Waals surface area contributed by atoms with Crippen molar-refractivity contribution in [1.82, 2.24) is 0 Å². The summed E-state index contributed by atoms with van der Waals surface area (Å²) in [5.41, 5.74) is -2.00. The third kappa shape index (κ3) is 3.41. The Labute approximate surface area is 121 Å². The number of aliphatic hydroxyl groups excluding tert-OH is 1. The third-order valence-electron chi connectivity index (χ3n) is 3.10. The van der Waals surface area contributed by atoms with E-state index in [0.29, 0.717) is 0 Å². The van der Waals surface area contributed by atoms with Crippen LogP contribution in [-0.4, -0.2) is 5.11 Å². The van der Waals surface area contributed by atoms with Gasteiger partial charge in [0.05, 0.1) is 17.7 Å². The molecule has 0 atom stereocenters. The first-order chi connectivity index (χ1) is 10.1. The van der Waals surface area contributed by atoms with Gasteiger partial charge in [0.1, 0.15) is 0 Å². The van der Waals surface area contributed by atoms with Crippen LogP contribution in [0.25, 0.3) is 11.1 Å². The number of aliphatic hydroxyl groups is 1. The lowest BCUT2D eigenvalue weighted by Gasteiger charge is -2.14. The summed E-state index contributed by atoms with van der Waals surface area (Å²) in [5.74, 6) is 0. The predicted octanol–water partition coefficient (Wildman–Crippen LogP) is 4.88. The number of hydrogen-bond acceptors (Lipinski definition) is 1. The van der Waals surface area contributed by atoms with Crippen molar-refractivity contribution in [2.45, 2.75) is 19.0 Å². The molecule has 0 aromatic heterocycles. The summed E-state index contributed by atoms with van der Waals surface area (Å²) < 4.78 is 76.2. The Bertz CT molecular complexity index is 672. The maximum atomic E-state index is 12.7. The lowest BCUT2D eigenvalue weighted by molar-refractivity contribution is -0.139. The maximum absolute atomic E-state index is 12.7. The number of halogens is 6. The molecule has 0 fully saturated rings. The Kier molecular flexibility index (Phi) is 4.19. The zero-order valence-electron chi connectivity index (χ0n) is 11.0. The van der Waals surface area contributed by atoms with E-state index in [9.17, 15) is 26.3 Å². The van der Waals surface area contributed by atoms with Crippen LogP contribution in [0.1, 0.15) is 16.7 Å². The Morgan fingerprint density at radius 3 is 1.95 bits per heavy atom. The van der Waals surface area contributed by atoms with Crippen molar-refractivity contribution in [3.63, 3.8) is 0 Å². The molecule has 118 valence electrons. The first kappa shape index (κ1) is 16.4. The average Bonchev–Trinajstić information content (AvgIpc) is 2.45. The van der Waals surface area contributed by atoms with Gasteiger partial charge < -0.3 is 5.11 Å². The van der Waals surface area contributed by atoms with E-state index >= 15 is 0 Å². The van der Waals surface area contributed by atoms with Crippen LogP contribution in [0, 0.1) is 0 Å². The minimum atomic E-state index is -4.63. The Balaban J connectivity index is 2.51. The molecule has 0 saturated heterocycles. The molecule has 0 amide bonds. The first-order valence-electron chi connectivity index (χ1n) is 6.11. The summed E-state index contributed by atoms with van der Waals surface area (Å²) in [6.45, 7) is -0.859. The predicted molar refractivity (Wildman–Crippen MR) is 67.8 cm³/mol. The molecule has 0 heterocycles. The van der Waals surface area contributed by atoms with E-state index in [4.69, 9.17) is 5.11 Å². The van der Waals surface area contributed by atoms with Crippen molar-refractivity contribution in [1.29, 1.82) is 0 Å². The molecule has 2 rings (SSSR count). The van der Waals surface area contributed by atoms with Crippen molar-refractivity contribution in [2.75, 3.05) is 0 Å². The quantitative estimate of drug-likeness (QED) is 0.782. The van der Waals surface area contributed by atoms with E-state index in [2.05, 4.69) is 0 Å². The summed E-state index contributed by atoms with van der Waals surface area (Å²) in [5, 5.41) is 9.06. The molecular formula is C15H10F6O. The number of benzene rings is 2. The van der Waals surface area contributed by atoms with Crippen LogP contribution >= 0.6 is 0 Å². The van der Waals surface area contributed by atoms with Crippen LogP contribution in [0.15, 0.2) is 42.5 Å². The zero-order valence-corrected chi connectivity index (χ0v) is 11.0. The Morgan fingerprint density at radius 2 is 1.41 bits per heavy atom. The van der Waals surface area contributed by atoms with Crippen molar-refractivity contribution in [2.24, 2.45) is 0 Å². The fraction of sp³-hybridized carbons (Fsp3) is 0.200. The van der Waals surface area contributed by atoms with E-state index in [1.54, 1.807) is 0 Å². The van der Waals surface area contributed by atoms with Gasteiger partial charge >= 0.3 is 12.4 Å². The van der Waals surface area contributed by atoms with Crippen LogP contribution in [0.3, 0.4) is 0 Å². The largest absolute Gasteiger partial charge is 0.416 e. The molecule has 1 nitrogen and oxygen atoms in total. The summed E-state index contributed by atoms with van der Waals surface area (Å²) in [6, 6.07) is 7.13. The van der Waals surface area contributed by atoms with Crippen LogP contribution in [0.4, 0.5) is 26.3 Å². The topological polar surface area (TPSA) is 20.2 Å². The second-order valence-electron chi connectivity index (χ2n) is 4.61. The molecule has 2 aromatic carbocycles. The van der Waals surface area contributed by atoms with Gasteiger partial charge in [-0.2, -0.15) is 26.3 Å². The molecule has 0 unspecified atom stereocenters. The number of hydrogen-bond donors (Lipinski definition) is 1. The highest BCUT2D eigenvalue weighted by atomic mass is 19.4. The van der Waals surface area contributed by atoms with Gasteiger partial charge in [0.2, 0.25) is 0 Å². The number of alkyl halides is 6. The summed E-state index contributed by atoms with van der Waals surface area (Å²) in [4.78, 5) is 0. The molecule has 0 spiro atoms. The van der Waals surface area contributed by atoms with Gasteiger partial charge in [-0.05, 0) is 41.0 Å². The Morgan fingerprint density at radius 1 is 0.773 bits per heavy atom. The highest BCUT2D eigenvalue weighted by Crippen LogP contribution is 2.36. The second-order valence-corrected chi connectivity index (χ2v) is 4.61. The molecular weight excluding hydrogens is 310 g/mol. The first-order valence-corrected chi connectivity index (χ1v) is 6.11. The van der Waals surface area contributed by atoms with Gasteiger partial charge in [0, 0.05) is 0 Å². The van der Waals surface area contributed by atoms with Gasteiger partial charge in [-0.15, -0.1) is 0 Å². The van der Waals surface area contributed by atoms with Gasteiger partial charge in [-0.3, -0.25) is 0 Å². The van der Waals surface area contributed by atoms with Gasteiger partial charge in [0.25, 0.3) is 0 Å². The monoisotopic (exact) mass is 320 g/mol. The van der Waals surface area contributed by atoms with Crippen molar-refractivity contribution < 1.29 is 31.4 Å².